The van der Waals surface area contributed by atoms with E-state index in [1.165, 1.54) is 15.2 Å². The van der Waals surface area contributed by atoms with Gasteiger partial charge in [-0.3, -0.25) is 0 Å². The van der Waals surface area contributed by atoms with Crippen molar-refractivity contribution in [3.05, 3.63) is 83.4 Å². The number of hydrogen-bond acceptors (Lipinski definition) is 5. The average Bonchev–Trinajstić information content (AvgIpc) is 3.08. The van der Waals surface area contributed by atoms with Crippen LogP contribution in [0.3, 0.4) is 0 Å². The Morgan fingerprint density at radius 1 is 0.929 bits per heavy atom. The lowest BCUT2D eigenvalue weighted by Crippen LogP contribution is -2.05. The summed E-state index contributed by atoms with van der Waals surface area (Å²) in [5.41, 5.74) is 4.39. The molecule has 3 nitrogen and oxygen atoms in total. The summed E-state index contributed by atoms with van der Waals surface area (Å²) in [5.74, 6) is 0.878. The molecule has 1 atom stereocenters. The van der Waals surface area contributed by atoms with Gasteiger partial charge in [-0.05, 0) is 42.0 Å². The van der Waals surface area contributed by atoms with Crippen LogP contribution in [0.2, 0.25) is 0 Å². The van der Waals surface area contributed by atoms with Crippen molar-refractivity contribution >= 4 is 44.7 Å². The number of thioether (sulfide) groups is 1. The van der Waals surface area contributed by atoms with E-state index in [1.54, 1.807) is 18.4 Å². The Bertz CT molecular complexity index is 1130. The van der Waals surface area contributed by atoms with Gasteiger partial charge in [-0.15, -0.1) is 23.1 Å². The van der Waals surface area contributed by atoms with Crippen molar-refractivity contribution in [1.82, 2.24) is 4.98 Å². The number of aromatic nitrogens is 1. The predicted octanol–water partition coefficient (Wildman–Crippen LogP) is 6.66. The van der Waals surface area contributed by atoms with Crippen LogP contribution in [0, 0.1) is 0 Å². The molecule has 1 aromatic heterocycles. The van der Waals surface area contributed by atoms with Gasteiger partial charge in [-0.1, -0.05) is 36.4 Å². The van der Waals surface area contributed by atoms with Gasteiger partial charge in [0, 0.05) is 16.6 Å². The SMILES string of the molecule is COc1ccc([C@@H]2CC(c3nc4ccccc4s3)=Nc3ccccc3S2)cc1. The number of hydrogen-bond donors (Lipinski definition) is 0. The molecule has 0 saturated carbocycles. The highest BCUT2D eigenvalue weighted by Crippen LogP contribution is 2.46. The molecule has 0 aliphatic carbocycles. The minimum absolute atomic E-state index is 0.278. The van der Waals surface area contributed by atoms with Gasteiger partial charge in [-0.25, -0.2) is 9.98 Å². The van der Waals surface area contributed by atoms with Crippen LogP contribution in [-0.2, 0) is 0 Å². The highest BCUT2D eigenvalue weighted by atomic mass is 32.2. The highest BCUT2D eigenvalue weighted by molar-refractivity contribution is 7.99. The van der Waals surface area contributed by atoms with Crippen molar-refractivity contribution in [2.75, 3.05) is 7.11 Å². The lowest BCUT2D eigenvalue weighted by atomic mass is 10.1. The first kappa shape index (κ1) is 17.5. The Hall–Kier alpha value is -2.63. The summed E-state index contributed by atoms with van der Waals surface area (Å²) < 4.78 is 6.52. The molecule has 2 heterocycles. The molecular weight excluding hydrogens is 384 g/mol. The maximum atomic E-state index is 5.32. The molecule has 138 valence electrons. The summed E-state index contributed by atoms with van der Waals surface area (Å²) in [6.07, 6.45) is 0.839. The van der Waals surface area contributed by atoms with E-state index in [0.29, 0.717) is 0 Å². The standard InChI is InChI=1S/C23H18N2OS2/c1-26-16-12-10-15(11-13-16)22-14-19(24-17-6-2-4-8-20(17)27-22)23-25-18-7-3-5-9-21(18)28-23/h2-13,22H,14H2,1H3/t22-/m0/s1. The first-order valence-electron chi connectivity index (χ1n) is 9.13. The lowest BCUT2D eigenvalue weighted by Gasteiger charge is -2.16. The number of methoxy groups -OCH3 is 1. The zero-order valence-electron chi connectivity index (χ0n) is 15.3. The van der Waals surface area contributed by atoms with Crippen LogP contribution in [0.1, 0.15) is 22.2 Å². The van der Waals surface area contributed by atoms with Crippen molar-refractivity contribution in [3.63, 3.8) is 0 Å². The molecule has 0 unspecified atom stereocenters. The Kier molecular flexibility index (Phi) is 4.63. The van der Waals surface area contributed by atoms with Gasteiger partial charge in [0.25, 0.3) is 0 Å². The van der Waals surface area contributed by atoms with Gasteiger partial charge in [-0.2, -0.15) is 0 Å². The summed E-state index contributed by atoms with van der Waals surface area (Å²) in [6, 6.07) is 25.0. The van der Waals surface area contributed by atoms with Gasteiger partial charge < -0.3 is 4.74 Å². The molecule has 4 aromatic rings. The third-order valence-corrected chi connectivity index (χ3v) is 7.20. The van der Waals surface area contributed by atoms with Crippen LogP contribution in [0.25, 0.3) is 10.2 Å². The quantitative estimate of drug-likeness (QED) is 0.384. The molecular formula is C23H18N2OS2. The second-order valence-corrected chi connectivity index (χ2v) is 8.87. The van der Waals surface area contributed by atoms with E-state index >= 15 is 0 Å². The van der Waals surface area contributed by atoms with Crippen LogP contribution in [0.15, 0.2) is 82.7 Å². The van der Waals surface area contributed by atoms with Crippen LogP contribution in [0.4, 0.5) is 5.69 Å². The molecule has 0 amide bonds. The monoisotopic (exact) mass is 402 g/mol. The molecule has 0 N–H and O–H groups in total. The summed E-state index contributed by atoms with van der Waals surface area (Å²) in [7, 11) is 1.70. The van der Waals surface area contributed by atoms with Gasteiger partial charge in [0.1, 0.15) is 10.8 Å². The van der Waals surface area contributed by atoms with Gasteiger partial charge >= 0.3 is 0 Å². The van der Waals surface area contributed by atoms with E-state index in [1.807, 2.05) is 36.0 Å². The summed E-state index contributed by atoms with van der Waals surface area (Å²) >= 11 is 3.59. The topological polar surface area (TPSA) is 34.5 Å². The molecule has 0 spiro atoms. The smallest absolute Gasteiger partial charge is 0.138 e. The van der Waals surface area contributed by atoms with Crippen molar-refractivity contribution in [1.29, 1.82) is 0 Å². The van der Waals surface area contributed by atoms with E-state index in [-0.39, 0.29) is 5.25 Å². The molecule has 0 radical (unpaired) electrons. The summed E-state index contributed by atoms with van der Waals surface area (Å²) in [6.45, 7) is 0. The second-order valence-electron chi connectivity index (χ2n) is 6.60. The van der Waals surface area contributed by atoms with Crippen molar-refractivity contribution in [2.24, 2.45) is 4.99 Å². The van der Waals surface area contributed by atoms with Crippen LogP contribution < -0.4 is 4.74 Å². The minimum Gasteiger partial charge on any atom is -0.497 e. The predicted molar refractivity (Wildman–Crippen MR) is 118 cm³/mol. The highest BCUT2D eigenvalue weighted by Gasteiger charge is 2.24. The molecule has 5 heteroatoms. The Labute approximate surface area is 172 Å². The number of ether oxygens (including phenoxy) is 1. The zero-order valence-corrected chi connectivity index (χ0v) is 17.0. The number of nitrogens with zero attached hydrogens (tertiary/aromatic N) is 2. The maximum Gasteiger partial charge on any atom is 0.138 e. The normalized spacial score (nSPS) is 16.3. The first-order chi connectivity index (χ1) is 13.8. The average molecular weight is 403 g/mol. The van der Waals surface area contributed by atoms with Crippen LogP contribution in [0.5, 0.6) is 5.75 Å². The largest absolute Gasteiger partial charge is 0.497 e. The number of aliphatic imine (C=N–C) groups is 1. The number of benzene rings is 3. The Balaban J connectivity index is 1.59. The van der Waals surface area contributed by atoms with Gasteiger partial charge in [0.2, 0.25) is 0 Å². The zero-order chi connectivity index (χ0) is 18.9. The fourth-order valence-electron chi connectivity index (χ4n) is 3.35. The number of fused-ring (bicyclic) bond motifs is 2. The number of para-hydroxylation sites is 2. The number of rotatable bonds is 3. The fourth-order valence-corrected chi connectivity index (χ4v) is 5.54. The molecule has 5 rings (SSSR count). The fraction of sp³-hybridized carbons (Fsp3) is 0.130. The molecule has 28 heavy (non-hydrogen) atoms. The molecule has 0 fully saturated rings. The lowest BCUT2D eigenvalue weighted by molar-refractivity contribution is 0.414. The molecule has 3 aromatic carbocycles. The number of thiazole rings is 1. The van der Waals surface area contributed by atoms with Crippen molar-refractivity contribution < 1.29 is 4.74 Å². The maximum absolute atomic E-state index is 5.32. The Morgan fingerprint density at radius 3 is 2.54 bits per heavy atom. The summed E-state index contributed by atoms with van der Waals surface area (Å²) in [4.78, 5) is 11.1. The minimum atomic E-state index is 0.278. The van der Waals surface area contributed by atoms with Gasteiger partial charge in [0.15, 0.2) is 0 Å². The Morgan fingerprint density at radius 2 is 1.71 bits per heavy atom. The van der Waals surface area contributed by atoms with Gasteiger partial charge in [0.05, 0.1) is 28.7 Å². The first-order valence-corrected chi connectivity index (χ1v) is 10.8. The van der Waals surface area contributed by atoms with Crippen LogP contribution in [-0.4, -0.2) is 17.8 Å². The second kappa shape index (κ2) is 7.41. The molecule has 1 aliphatic heterocycles. The van der Waals surface area contributed by atoms with Crippen LogP contribution >= 0.6 is 23.1 Å². The third kappa shape index (κ3) is 3.32. The third-order valence-electron chi connectivity index (χ3n) is 4.80. The van der Waals surface area contributed by atoms with E-state index in [2.05, 4.69) is 48.5 Å². The van der Waals surface area contributed by atoms with E-state index in [9.17, 15) is 0 Å². The summed E-state index contributed by atoms with van der Waals surface area (Å²) in [5, 5.41) is 1.29. The molecule has 1 aliphatic rings. The molecule has 0 bridgehead atoms. The van der Waals surface area contributed by atoms with Crippen molar-refractivity contribution in [3.8, 4) is 5.75 Å². The van der Waals surface area contributed by atoms with E-state index in [0.717, 1.165) is 34.1 Å². The van der Waals surface area contributed by atoms with Crippen molar-refractivity contribution in [2.45, 2.75) is 16.6 Å². The molecule has 0 saturated heterocycles. The van der Waals surface area contributed by atoms with E-state index < -0.39 is 0 Å². The van der Waals surface area contributed by atoms with E-state index in [4.69, 9.17) is 14.7 Å².